The Morgan fingerprint density at radius 3 is 2.67 bits per heavy atom. The number of ether oxygens (including phenoxy) is 2. The van der Waals surface area contributed by atoms with Crippen LogP contribution in [0.1, 0.15) is 43.9 Å². The zero-order valence-electron chi connectivity index (χ0n) is 15.4. The fourth-order valence-corrected chi connectivity index (χ4v) is 3.92. The zero-order valence-corrected chi connectivity index (χ0v) is 15.4. The van der Waals surface area contributed by atoms with Gasteiger partial charge in [-0.15, -0.1) is 0 Å². The average Bonchev–Trinajstić information content (AvgIpc) is 2.55. The molecule has 24 heavy (non-hydrogen) atoms. The fourth-order valence-electron chi connectivity index (χ4n) is 3.92. The van der Waals surface area contributed by atoms with Crippen molar-refractivity contribution in [1.29, 1.82) is 0 Å². The summed E-state index contributed by atoms with van der Waals surface area (Å²) < 4.78 is 11.4. The van der Waals surface area contributed by atoms with Crippen molar-refractivity contribution in [3.8, 4) is 0 Å². The molecule has 134 valence electrons. The molecule has 2 fully saturated rings. The normalized spacial score (nSPS) is 26.2. The Kier molecular flexibility index (Phi) is 5.93. The van der Waals surface area contributed by atoms with Crippen LogP contribution in [0, 0.1) is 6.92 Å². The minimum atomic E-state index is -0.0227. The molecule has 1 aromatic carbocycles. The maximum Gasteiger partial charge on any atom is 0.0641 e. The second-order valence-corrected chi connectivity index (χ2v) is 7.79. The minimum absolute atomic E-state index is 0.0227. The lowest BCUT2D eigenvalue weighted by Crippen LogP contribution is -2.48. The van der Waals surface area contributed by atoms with Gasteiger partial charge in [0.2, 0.25) is 0 Å². The van der Waals surface area contributed by atoms with E-state index in [0.717, 1.165) is 52.3 Å². The molecule has 0 spiro atoms. The van der Waals surface area contributed by atoms with Gasteiger partial charge in [-0.05, 0) is 44.7 Å². The highest BCUT2D eigenvalue weighted by Crippen LogP contribution is 2.27. The van der Waals surface area contributed by atoms with Crippen molar-refractivity contribution in [3.63, 3.8) is 0 Å². The number of aryl methyl sites for hydroxylation is 1. The maximum absolute atomic E-state index is 5.89. The predicted octanol–water partition coefficient (Wildman–Crippen LogP) is 2.92. The summed E-state index contributed by atoms with van der Waals surface area (Å²) in [6.45, 7) is 12.3. The molecule has 0 aromatic heterocycles. The van der Waals surface area contributed by atoms with Gasteiger partial charge in [0, 0.05) is 38.3 Å². The van der Waals surface area contributed by atoms with Crippen LogP contribution in [0.25, 0.3) is 0 Å². The summed E-state index contributed by atoms with van der Waals surface area (Å²) in [6.07, 6.45) is 2.16. The van der Waals surface area contributed by atoms with Crippen molar-refractivity contribution in [2.75, 3.05) is 39.5 Å². The van der Waals surface area contributed by atoms with Crippen LogP contribution in [0.15, 0.2) is 24.3 Å². The molecule has 2 heterocycles. The quantitative estimate of drug-likeness (QED) is 0.899. The van der Waals surface area contributed by atoms with Crippen molar-refractivity contribution in [3.05, 3.63) is 35.4 Å². The highest BCUT2D eigenvalue weighted by molar-refractivity contribution is 5.29. The zero-order chi connectivity index (χ0) is 17.0. The maximum atomic E-state index is 5.89. The van der Waals surface area contributed by atoms with Crippen LogP contribution >= 0.6 is 0 Å². The van der Waals surface area contributed by atoms with Crippen molar-refractivity contribution in [2.45, 2.75) is 51.3 Å². The van der Waals surface area contributed by atoms with E-state index >= 15 is 0 Å². The van der Waals surface area contributed by atoms with E-state index in [9.17, 15) is 0 Å². The Morgan fingerprint density at radius 1 is 1.21 bits per heavy atom. The number of benzene rings is 1. The van der Waals surface area contributed by atoms with Crippen LogP contribution in [-0.4, -0.2) is 56.0 Å². The molecule has 0 saturated carbocycles. The van der Waals surface area contributed by atoms with Gasteiger partial charge in [-0.2, -0.15) is 0 Å². The van der Waals surface area contributed by atoms with Crippen molar-refractivity contribution in [2.24, 2.45) is 0 Å². The topological polar surface area (TPSA) is 33.7 Å². The van der Waals surface area contributed by atoms with Gasteiger partial charge in [-0.1, -0.05) is 24.3 Å². The first-order valence-electron chi connectivity index (χ1n) is 9.29. The summed E-state index contributed by atoms with van der Waals surface area (Å²) in [4.78, 5) is 2.53. The molecule has 2 aliphatic heterocycles. The molecule has 0 bridgehead atoms. The van der Waals surface area contributed by atoms with Crippen LogP contribution in [-0.2, 0) is 9.47 Å². The van der Waals surface area contributed by atoms with E-state index < -0.39 is 0 Å². The minimum Gasteiger partial charge on any atom is -0.379 e. The van der Waals surface area contributed by atoms with E-state index in [1.54, 1.807) is 0 Å². The van der Waals surface area contributed by atoms with E-state index in [2.05, 4.69) is 55.3 Å². The first-order valence-corrected chi connectivity index (χ1v) is 9.29. The molecular weight excluding hydrogens is 300 g/mol. The van der Waals surface area contributed by atoms with Gasteiger partial charge in [-0.25, -0.2) is 0 Å². The van der Waals surface area contributed by atoms with Crippen LogP contribution in [0.4, 0.5) is 0 Å². The van der Waals surface area contributed by atoms with E-state index in [1.807, 2.05) is 0 Å². The van der Waals surface area contributed by atoms with Gasteiger partial charge in [0.15, 0.2) is 0 Å². The van der Waals surface area contributed by atoms with Crippen molar-refractivity contribution >= 4 is 0 Å². The first-order chi connectivity index (χ1) is 11.5. The van der Waals surface area contributed by atoms with Crippen molar-refractivity contribution in [1.82, 2.24) is 10.2 Å². The summed E-state index contributed by atoms with van der Waals surface area (Å²) in [7, 11) is 0. The monoisotopic (exact) mass is 332 g/mol. The lowest BCUT2D eigenvalue weighted by molar-refractivity contribution is -0.0650. The molecule has 0 aliphatic carbocycles. The summed E-state index contributed by atoms with van der Waals surface area (Å²) >= 11 is 0. The molecule has 3 rings (SSSR count). The van der Waals surface area contributed by atoms with Gasteiger partial charge >= 0.3 is 0 Å². The standard InChI is InChI=1S/C20H32N2O2/c1-16-6-4-5-7-18(16)19(15-22-9-12-23-13-10-22)21-17-8-11-24-20(2,3)14-17/h4-7,17,19,21H,8-15H2,1-3H3/t17-,19-/m0/s1. The summed E-state index contributed by atoms with van der Waals surface area (Å²) in [5.74, 6) is 0. The highest BCUT2D eigenvalue weighted by Gasteiger charge is 2.31. The molecule has 0 radical (unpaired) electrons. The lowest BCUT2D eigenvalue weighted by atomic mass is 9.92. The molecule has 0 unspecified atom stereocenters. The van der Waals surface area contributed by atoms with Crippen LogP contribution < -0.4 is 5.32 Å². The second kappa shape index (κ2) is 7.96. The third-order valence-corrected chi connectivity index (χ3v) is 5.24. The van der Waals surface area contributed by atoms with E-state index in [4.69, 9.17) is 9.47 Å². The van der Waals surface area contributed by atoms with Gasteiger partial charge in [0.1, 0.15) is 0 Å². The first kappa shape index (κ1) is 17.9. The lowest BCUT2D eigenvalue weighted by Gasteiger charge is -2.39. The smallest absolute Gasteiger partial charge is 0.0641 e. The third kappa shape index (κ3) is 4.79. The van der Waals surface area contributed by atoms with E-state index in [1.165, 1.54) is 11.1 Å². The molecule has 0 amide bonds. The van der Waals surface area contributed by atoms with E-state index in [0.29, 0.717) is 12.1 Å². The van der Waals surface area contributed by atoms with E-state index in [-0.39, 0.29) is 5.60 Å². The van der Waals surface area contributed by atoms with Crippen LogP contribution in [0.3, 0.4) is 0 Å². The molecule has 1 aromatic rings. The second-order valence-electron chi connectivity index (χ2n) is 7.79. The van der Waals surface area contributed by atoms with Crippen molar-refractivity contribution < 1.29 is 9.47 Å². The SMILES string of the molecule is Cc1ccccc1[C@H](CN1CCOCC1)N[C@H]1CCOC(C)(C)C1. The Morgan fingerprint density at radius 2 is 1.96 bits per heavy atom. The largest absolute Gasteiger partial charge is 0.379 e. The van der Waals surface area contributed by atoms with Gasteiger partial charge in [0.05, 0.1) is 18.8 Å². The summed E-state index contributed by atoms with van der Waals surface area (Å²) in [5.41, 5.74) is 2.77. The number of nitrogens with one attached hydrogen (secondary N) is 1. The Labute approximate surface area is 146 Å². The average molecular weight is 332 g/mol. The number of morpholine rings is 1. The van der Waals surface area contributed by atoms with Crippen LogP contribution in [0.5, 0.6) is 0 Å². The number of rotatable bonds is 5. The fraction of sp³-hybridized carbons (Fsp3) is 0.700. The molecule has 2 atom stereocenters. The van der Waals surface area contributed by atoms with Gasteiger partial charge < -0.3 is 14.8 Å². The molecule has 2 aliphatic rings. The van der Waals surface area contributed by atoms with Crippen LogP contribution in [0.2, 0.25) is 0 Å². The highest BCUT2D eigenvalue weighted by atomic mass is 16.5. The Hall–Kier alpha value is -0.940. The molecule has 4 heteroatoms. The van der Waals surface area contributed by atoms with Gasteiger partial charge in [-0.3, -0.25) is 4.90 Å². The summed E-state index contributed by atoms with van der Waals surface area (Å²) in [6, 6.07) is 9.66. The molecule has 1 N–H and O–H groups in total. The molecule has 2 saturated heterocycles. The predicted molar refractivity (Wildman–Crippen MR) is 97.4 cm³/mol. The number of hydrogen-bond acceptors (Lipinski definition) is 4. The third-order valence-electron chi connectivity index (χ3n) is 5.24. The molecular formula is C20H32N2O2. The summed E-state index contributed by atoms with van der Waals surface area (Å²) in [5, 5.41) is 3.95. The Balaban J connectivity index is 1.72. The molecule has 4 nitrogen and oxygen atoms in total. The number of nitrogens with zero attached hydrogens (tertiary/aromatic N) is 1. The number of hydrogen-bond donors (Lipinski definition) is 1. The van der Waals surface area contributed by atoms with Gasteiger partial charge in [0.25, 0.3) is 0 Å². The Bertz CT molecular complexity index is 526.